The standard InChI is InChI=1S/C7H9NO/c1-3-6(5-8)7(9)4-2/h3H,4H2,1-2H3/b6-3+. The lowest BCUT2D eigenvalue weighted by molar-refractivity contribution is -0.114. The number of carbonyl (C=O) groups excluding carboxylic acids is 1. The van der Waals surface area contributed by atoms with Crippen molar-refractivity contribution < 1.29 is 4.79 Å². The van der Waals surface area contributed by atoms with Crippen molar-refractivity contribution in [2.24, 2.45) is 0 Å². The number of ketones is 1. The lowest BCUT2D eigenvalue weighted by Gasteiger charge is -1.88. The summed E-state index contributed by atoms with van der Waals surface area (Å²) in [6.45, 7) is 3.43. The molecule has 0 aliphatic carbocycles. The normalized spacial score (nSPS) is 10.6. The second-order valence-corrected chi connectivity index (χ2v) is 1.59. The van der Waals surface area contributed by atoms with Crippen LogP contribution in [0.25, 0.3) is 0 Å². The van der Waals surface area contributed by atoms with Crippen LogP contribution < -0.4 is 0 Å². The highest BCUT2D eigenvalue weighted by Crippen LogP contribution is 1.96. The number of Topliss-reactive ketones (excluding diaryl/α,β-unsaturated/α-hetero) is 1. The Balaban J connectivity index is 4.19. The zero-order valence-electron chi connectivity index (χ0n) is 5.64. The summed E-state index contributed by atoms with van der Waals surface area (Å²) < 4.78 is 0. The molecular weight excluding hydrogens is 114 g/mol. The molecule has 2 heteroatoms. The number of carbonyl (C=O) groups is 1. The molecule has 0 aromatic heterocycles. The van der Waals surface area contributed by atoms with E-state index in [0.29, 0.717) is 6.42 Å². The van der Waals surface area contributed by atoms with Crippen molar-refractivity contribution in [1.82, 2.24) is 0 Å². The smallest absolute Gasteiger partial charge is 0.172 e. The van der Waals surface area contributed by atoms with Gasteiger partial charge in [-0.15, -0.1) is 0 Å². The maximum Gasteiger partial charge on any atom is 0.172 e. The molecule has 0 saturated heterocycles. The third-order valence-corrected chi connectivity index (χ3v) is 1.03. The van der Waals surface area contributed by atoms with Gasteiger partial charge in [0.2, 0.25) is 0 Å². The molecule has 0 saturated carbocycles. The van der Waals surface area contributed by atoms with Crippen LogP contribution in [0.2, 0.25) is 0 Å². The summed E-state index contributed by atoms with van der Waals surface area (Å²) in [6, 6.07) is 1.81. The van der Waals surface area contributed by atoms with Crippen molar-refractivity contribution in [2.45, 2.75) is 20.3 Å². The summed E-state index contributed by atoms with van der Waals surface area (Å²) in [5.74, 6) is -0.0833. The molecule has 0 bridgehead atoms. The lowest BCUT2D eigenvalue weighted by atomic mass is 10.1. The fourth-order valence-corrected chi connectivity index (χ4v) is 0.478. The first kappa shape index (κ1) is 7.90. The zero-order chi connectivity index (χ0) is 7.28. The topological polar surface area (TPSA) is 40.9 Å². The summed E-state index contributed by atoms with van der Waals surface area (Å²) in [5, 5.41) is 8.29. The van der Waals surface area contributed by atoms with E-state index in [4.69, 9.17) is 5.26 Å². The summed E-state index contributed by atoms with van der Waals surface area (Å²) in [6.07, 6.45) is 1.94. The van der Waals surface area contributed by atoms with Crippen LogP contribution in [0.4, 0.5) is 0 Å². The molecule has 0 rings (SSSR count). The predicted octanol–water partition coefficient (Wildman–Crippen LogP) is 1.44. The Labute approximate surface area is 54.8 Å². The number of rotatable bonds is 2. The van der Waals surface area contributed by atoms with Crippen molar-refractivity contribution in [3.63, 3.8) is 0 Å². The first-order chi connectivity index (χ1) is 4.26. The average Bonchev–Trinajstić information content (AvgIpc) is 1.90. The lowest BCUT2D eigenvalue weighted by Crippen LogP contribution is -1.96. The van der Waals surface area contributed by atoms with Crippen molar-refractivity contribution >= 4 is 5.78 Å². The minimum absolute atomic E-state index is 0.0833. The third kappa shape index (κ3) is 2.09. The van der Waals surface area contributed by atoms with Crippen molar-refractivity contribution in [3.8, 4) is 6.07 Å². The molecule has 0 radical (unpaired) electrons. The fourth-order valence-electron chi connectivity index (χ4n) is 0.478. The molecule has 0 heterocycles. The van der Waals surface area contributed by atoms with E-state index in [-0.39, 0.29) is 11.4 Å². The molecule has 0 aliphatic rings. The summed E-state index contributed by atoms with van der Waals surface area (Å²) in [7, 11) is 0. The minimum Gasteiger partial charge on any atom is -0.293 e. The summed E-state index contributed by atoms with van der Waals surface area (Å²) >= 11 is 0. The van der Waals surface area contributed by atoms with Crippen LogP contribution in [-0.4, -0.2) is 5.78 Å². The Morgan fingerprint density at radius 2 is 2.33 bits per heavy atom. The van der Waals surface area contributed by atoms with E-state index in [1.807, 2.05) is 6.07 Å². The van der Waals surface area contributed by atoms with Gasteiger partial charge in [-0.3, -0.25) is 4.79 Å². The van der Waals surface area contributed by atoms with Crippen molar-refractivity contribution in [3.05, 3.63) is 11.6 Å². The molecule has 0 aromatic rings. The van der Waals surface area contributed by atoms with Gasteiger partial charge in [0.25, 0.3) is 0 Å². The molecule has 0 fully saturated rings. The Morgan fingerprint density at radius 1 is 1.78 bits per heavy atom. The van der Waals surface area contributed by atoms with Gasteiger partial charge >= 0.3 is 0 Å². The Morgan fingerprint density at radius 3 is 2.44 bits per heavy atom. The van der Waals surface area contributed by atoms with Crippen molar-refractivity contribution in [1.29, 1.82) is 5.26 Å². The van der Waals surface area contributed by atoms with Crippen molar-refractivity contribution in [2.75, 3.05) is 0 Å². The SMILES string of the molecule is C/C=C(\C#N)C(=O)CC. The van der Waals surface area contributed by atoms with Crippen LogP contribution in [0.3, 0.4) is 0 Å². The number of hydrogen-bond acceptors (Lipinski definition) is 2. The van der Waals surface area contributed by atoms with E-state index in [2.05, 4.69) is 0 Å². The fraction of sp³-hybridized carbons (Fsp3) is 0.429. The zero-order valence-corrected chi connectivity index (χ0v) is 5.64. The van der Waals surface area contributed by atoms with Crippen LogP contribution in [0.15, 0.2) is 11.6 Å². The van der Waals surface area contributed by atoms with Gasteiger partial charge in [0.05, 0.1) is 5.57 Å². The summed E-state index contributed by atoms with van der Waals surface area (Å²) in [5.41, 5.74) is 0.262. The molecule has 0 N–H and O–H groups in total. The first-order valence-electron chi connectivity index (χ1n) is 2.85. The summed E-state index contributed by atoms with van der Waals surface area (Å²) in [4.78, 5) is 10.7. The highest BCUT2D eigenvalue weighted by molar-refractivity contribution is 5.98. The first-order valence-corrected chi connectivity index (χ1v) is 2.85. The van der Waals surface area contributed by atoms with Gasteiger partial charge in [-0.2, -0.15) is 5.26 Å². The molecule has 0 atom stereocenters. The van der Waals surface area contributed by atoms with Gasteiger partial charge in [-0.05, 0) is 6.92 Å². The van der Waals surface area contributed by atoms with E-state index < -0.39 is 0 Å². The van der Waals surface area contributed by atoms with E-state index in [1.165, 1.54) is 6.08 Å². The van der Waals surface area contributed by atoms with Crippen LogP contribution >= 0.6 is 0 Å². The maximum absolute atomic E-state index is 10.7. The number of nitriles is 1. The molecule has 9 heavy (non-hydrogen) atoms. The Bertz CT molecular complexity index is 174. The van der Waals surface area contributed by atoms with Crippen LogP contribution in [0.5, 0.6) is 0 Å². The number of nitrogens with zero attached hydrogens (tertiary/aromatic N) is 1. The molecular formula is C7H9NO. The quantitative estimate of drug-likeness (QED) is 0.411. The Kier molecular flexibility index (Phi) is 3.38. The molecule has 0 aliphatic heterocycles. The van der Waals surface area contributed by atoms with Gasteiger partial charge in [0.1, 0.15) is 6.07 Å². The number of allylic oxidation sites excluding steroid dienone is 2. The van der Waals surface area contributed by atoms with Gasteiger partial charge in [0.15, 0.2) is 5.78 Å². The molecule has 0 spiro atoms. The molecule has 48 valence electrons. The largest absolute Gasteiger partial charge is 0.293 e. The average molecular weight is 123 g/mol. The van der Waals surface area contributed by atoms with E-state index in [0.717, 1.165) is 0 Å². The van der Waals surface area contributed by atoms with Crippen LogP contribution in [-0.2, 0) is 4.79 Å². The monoisotopic (exact) mass is 123 g/mol. The maximum atomic E-state index is 10.7. The highest BCUT2D eigenvalue weighted by atomic mass is 16.1. The van der Waals surface area contributed by atoms with E-state index in [1.54, 1.807) is 13.8 Å². The Hall–Kier alpha value is -1.10. The third-order valence-electron chi connectivity index (χ3n) is 1.03. The van der Waals surface area contributed by atoms with Gasteiger partial charge < -0.3 is 0 Å². The molecule has 2 nitrogen and oxygen atoms in total. The highest BCUT2D eigenvalue weighted by Gasteiger charge is 2.01. The number of hydrogen-bond donors (Lipinski definition) is 0. The van der Waals surface area contributed by atoms with E-state index in [9.17, 15) is 4.79 Å². The molecule has 0 aromatic carbocycles. The van der Waals surface area contributed by atoms with Gasteiger partial charge in [0, 0.05) is 6.42 Å². The molecule has 0 unspecified atom stereocenters. The van der Waals surface area contributed by atoms with Gasteiger partial charge in [-0.25, -0.2) is 0 Å². The molecule has 0 amide bonds. The minimum atomic E-state index is -0.0833. The van der Waals surface area contributed by atoms with E-state index >= 15 is 0 Å². The van der Waals surface area contributed by atoms with Gasteiger partial charge in [-0.1, -0.05) is 13.0 Å². The second kappa shape index (κ2) is 3.85. The van der Waals surface area contributed by atoms with Crippen LogP contribution in [0.1, 0.15) is 20.3 Å². The van der Waals surface area contributed by atoms with Crippen LogP contribution in [0, 0.1) is 11.3 Å². The second-order valence-electron chi connectivity index (χ2n) is 1.59. The predicted molar refractivity (Wildman–Crippen MR) is 34.7 cm³/mol.